The van der Waals surface area contributed by atoms with Crippen LogP contribution in [0.5, 0.6) is 0 Å². The first-order valence-corrected chi connectivity index (χ1v) is 6.95. The Bertz CT molecular complexity index is 794. The summed E-state index contributed by atoms with van der Waals surface area (Å²) in [5.41, 5.74) is 1.30. The van der Waals surface area contributed by atoms with Crippen LogP contribution in [0.15, 0.2) is 46.9 Å². The van der Waals surface area contributed by atoms with Gasteiger partial charge in [0.25, 0.3) is 0 Å². The average Bonchev–Trinajstić information content (AvgIpc) is 2.43. The van der Waals surface area contributed by atoms with Crippen molar-refractivity contribution in [2.75, 3.05) is 5.32 Å². The highest BCUT2D eigenvalue weighted by molar-refractivity contribution is 9.10. The number of benzene rings is 2. The predicted molar refractivity (Wildman–Crippen MR) is 81.9 cm³/mol. The van der Waals surface area contributed by atoms with Gasteiger partial charge in [0.05, 0.1) is 11.2 Å². The van der Waals surface area contributed by atoms with Gasteiger partial charge in [-0.15, -0.1) is 0 Å². The van der Waals surface area contributed by atoms with E-state index >= 15 is 0 Å². The number of halogens is 3. The number of nitrogens with zero attached hydrogens (tertiary/aromatic N) is 2. The minimum atomic E-state index is -0.333. The topological polar surface area (TPSA) is 37.8 Å². The normalized spacial score (nSPS) is 10.8. The van der Waals surface area contributed by atoms with Crippen LogP contribution in [0.3, 0.4) is 0 Å². The number of fused-ring (bicyclic) bond motifs is 1. The van der Waals surface area contributed by atoms with Crippen LogP contribution >= 0.6 is 27.5 Å². The van der Waals surface area contributed by atoms with Gasteiger partial charge in [-0.05, 0) is 57.9 Å². The number of hydrogen-bond donors (Lipinski definition) is 1. The smallest absolute Gasteiger partial charge is 0.224 e. The van der Waals surface area contributed by atoms with Gasteiger partial charge in [-0.1, -0.05) is 12.1 Å². The monoisotopic (exact) mass is 351 g/mol. The molecular weight excluding hydrogens is 345 g/mol. The van der Waals surface area contributed by atoms with E-state index in [0.717, 1.165) is 15.4 Å². The Morgan fingerprint density at radius 3 is 2.75 bits per heavy atom. The molecule has 0 aliphatic rings. The second-order valence-electron chi connectivity index (χ2n) is 4.11. The lowest BCUT2D eigenvalue weighted by Gasteiger charge is -2.10. The molecule has 2 aromatic carbocycles. The van der Waals surface area contributed by atoms with E-state index < -0.39 is 0 Å². The highest BCUT2D eigenvalue weighted by Crippen LogP contribution is 2.29. The molecule has 0 unspecified atom stereocenters. The van der Waals surface area contributed by atoms with Crippen LogP contribution < -0.4 is 5.32 Å². The summed E-state index contributed by atoms with van der Waals surface area (Å²) in [6.07, 6.45) is 0. The lowest BCUT2D eigenvalue weighted by Crippen LogP contribution is -1.98. The molecule has 0 aliphatic heterocycles. The molecule has 20 heavy (non-hydrogen) atoms. The summed E-state index contributed by atoms with van der Waals surface area (Å²) in [5.74, 6) is 0.201. The van der Waals surface area contributed by atoms with Crippen LogP contribution in [0.2, 0.25) is 5.28 Å². The maximum Gasteiger partial charge on any atom is 0.224 e. The first-order valence-electron chi connectivity index (χ1n) is 5.78. The molecule has 6 heteroatoms. The van der Waals surface area contributed by atoms with E-state index in [4.69, 9.17) is 11.6 Å². The van der Waals surface area contributed by atoms with Gasteiger partial charge in [-0.25, -0.2) is 9.37 Å². The van der Waals surface area contributed by atoms with Crippen molar-refractivity contribution in [3.63, 3.8) is 0 Å². The fourth-order valence-electron chi connectivity index (χ4n) is 1.86. The molecule has 1 N–H and O–H groups in total. The van der Waals surface area contributed by atoms with Gasteiger partial charge in [-0.2, -0.15) is 4.98 Å². The Morgan fingerprint density at radius 1 is 1.10 bits per heavy atom. The SMILES string of the molecule is Fc1ccc(Br)c(Nc2nc(Cl)nc3ccccc23)c1. The summed E-state index contributed by atoms with van der Waals surface area (Å²) in [4.78, 5) is 8.31. The van der Waals surface area contributed by atoms with Crippen LogP contribution in [0.1, 0.15) is 0 Å². The molecule has 0 saturated carbocycles. The van der Waals surface area contributed by atoms with Gasteiger partial charge in [0.2, 0.25) is 5.28 Å². The summed E-state index contributed by atoms with van der Waals surface area (Å²) in [6.45, 7) is 0. The Kier molecular flexibility index (Phi) is 3.54. The molecule has 3 rings (SSSR count). The van der Waals surface area contributed by atoms with Crippen molar-refractivity contribution in [1.29, 1.82) is 0 Å². The van der Waals surface area contributed by atoms with Crippen molar-refractivity contribution in [3.05, 3.63) is 58.0 Å². The molecule has 0 radical (unpaired) electrons. The Labute approximate surface area is 127 Å². The molecule has 1 aromatic heterocycles. The van der Waals surface area contributed by atoms with Gasteiger partial charge in [0.15, 0.2) is 0 Å². The van der Waals surface area contributed by atoms with Crippen LogP contribution in [0, 0.1) is 5.82 Å². The van der Waals surface area contributed by atoms with Crippen LogP contribution in [-0.4, -0.2) is 9.97 Å². The molecule has 3 aromatic rings. The van der Waals surface area contributed by atoms with E-state index in [1.165, 1.54) is 12.1 Å². The number of nitrogens with one attached hydrogen (secondary N) is 1. The molecule has 0 fully saturated rings. The summed E-state index contributed by atoms with van der Waals surface area (Å²) < 4.78 is 14.1. The molecule has 0 saturated heterocycles. The van der Waals surface area contributed by atoms with E-state index in [-0.39, 0.29) is 11.1 Å². The van der Waals surface area contributed by atoms with Crippen LogP contribution in [-0.2, 0) is 0 Å². The number of hydrogen-bond acceptors (Lipinski definition) is 3. The van der Waals surface area contributed by atoms with Crippen LogP contribution in [0.25, 0.3) is 10.9 Å². The highest BCUT2D eigenvalue weighted by atomic mass is 79.9. The molecule has 3 nitrogen and oxygen atoms in total. The van der Waals surface area contributed by atoms with Gasteiger partial charge in [0, 0.05) is 9.86 Å². The third-order valence-electron chi connectivity index (χ3n) is 2.76. The van der Waals surface area contributed by atoms with Gasteiger partial charge < -0.3 is 5.32 Å². The second-order valence-corrected chi connectivity index (χ2v) is 5.30. The minimum Gasteiger partial charge on any atom is -0.339 e. The summed E-state index contributed by atoms with van der Waals surface area (Å²) in [6, 6.07) is 11.9. The number of para-hydroxylation sites is 1. The van der Waals surface area contributed by atoms with Gasteiger partial charge in [-0.3, -0.25) is 0 Å². The fraction of sp³-hybridized carbons (Fsp3) is 0. The third-order valence-corrected chi connectivity index (χ3v) is 3.62. The standard InChI is InChI=1S/C14H8BrClFN3/c15-10-6-5-8(17)7-12(10)18-13-9-3-1-2-4-11(9)19-14(16)20-13/h1-7H,(H,18,19,20). The van der Waals surface area contributed by atoms with Crippen molar-refractivity contribution in [2.45, 2.75) is 0 Å². The zero-order valence-electron chi connectivity index (χ0n) is 10.1. The van der Waals surface area contributed by atoms with E-state index in [2.05, 4.69) is 31.2 Å². The van der Waals surface area contributed by atoms with Gasteiger partial charge >= 0.3 is 0 Å². The van der Waals surface area contributed by atoms with Crippen molar-refractivity contribution < 1.29 is 4.39 Å². The molecule has 0 amide bonds. The van der Waals surface area contributed by atoms with E-state index in [9.17, 15) is 4.39 Å². The van der Waals surface area contributed by atoms with E-state index in [1.54, 1.807) is 6.07 Å². The first kappa shape index (κ1) is 13.3. The predicted octanol–water partition coefficient (Wildman–Crippen LogP) is 4.93. The largest absolute Gasteiger partial charge is 0.339 e. The molecule has 0 aliphatic carbocycles. The fourth-order valence-corrected chi connectivity index (χ4v) is 2.39. The minimum absolute atomic E-state index is 0.138. The number of rotatable bonds is 2. The first-order chi connectivity index (χ1) is 9.63. The molecule has 100 valence electrons. The third kappa shape index (κ3) is 2.59. The Balaban J connectivity index is 2.13. The van der Waals surface area contributed by atoms with Gasteiger partial charge in [0.1, 0.15) is 11.6 Å². The lowest BCUT2D eigenvalue weighted by molar-refractivity contribution is 0.628. The lowest BCUT2D eigenvalue weighted by atomic mass is 10.2. The number of anilines is 2. The summed E-state index contributed by atoms with van der Waals surface area (Å²) in [5, 5.41) is 4.03. The summed E-state index contributed by atoms with van der Waals surface area (Å²) in [7, 11) is 0. The zero-order chi connectivity index (χ0) is 14.1. The molecular formula is C14H8BrClFN3. The van der Waals surface area contributed by atoms with E-state index in [1.807, 2.05) is 24.3 Å². The maximum absolute atomic E-state index is 13.3. The maximum atomic E-state index is 13.3. The molecule has 0 bridgehead atoms. The van der Waals surface area contributed by atoms with Crippen molar-refractivity contribution in [3.8, 4) is 0 Å². The Hall–Kier alpha value is -1.72. The van der Waals surface area contributed by atoms with Crippen molar-refractivity contribution in [2.24, 2.45) is 0 Å². The second kappa shape index (κ2) is 5.34. The van der Waals surface area contributed by atoms with Crippen LogP contribution in [0.4, 0.5) is 15.9 Å². The number of aromatic nitrogens is 2. The zero-order valence-corrected chi connectivity index (χ0v) is 12.4. The van der Waals surface area contributed by atoms with Crippen molar-refractivity contribution in [1.82, 2.24) is 9.97 Å². The highest BCUT2D eigenvalue weighted by Gasteiger charge is 2.09. The molecule has 1 heterocycles. The quantitative estimate of drug-likeness (QED) is 0.665. The molecule has 0 atom stereocenters. The van der Waals surface area contributed by atoms with Crippen molar-refractivity contribution >= 4 is 49.9 Å². The average molecular weight is 353 g/mol. The van der Waals surface area contributed by atoms with E-state index in [0.29, 0.717) is 11.5 Å². The molecule has 0 spiro atoms. The summed E-state index contributed by atoms with van der Waals surface area (Å²) >= 11 is 9.28. The Morgan fingerprint density at radius 2 is 1.90 bits per heavy atom.